The summed E-state index contributed by atoms with van der Waals surface area (Å²) in [5, 5.41) is 18.6. The van der Waals surface area contributed by atoms with Gasteiger partial charge < -0.3 is 10.2 Å². The lowest BCUT2D eigenvalue weighted by atomic mass is 9.49. The molecule has 0 aromatic heterocycles. The van der Waals surface area contributed by atoms with E-state index in [4.69, 9.17) is 0 Å². The van der Waals surface area contributed by atoms with Crippen molar-refractivity contribution in [1.29, 1.82) is 0 Å². The van der Waals surface area contributed by atoms with Crippen LogP contribution in [-0.2, 0) is 0 Å². The van der Waals surface area contributed by atoms with Crippen LogP contribution in [0.15, 0.2) is 97.1 Å². The van der Waals surface area contributed by atoms with Crippen molar-refractivity contribution >= 4 is 11.9 Å². The highest BCUT2D eigenvalue weighted by atomic mass is 19.1. The summed E-state index contributed by atoms with van der Waals surface area (Å²) in [7, 11) is 0. The molecule has 0 aliphatic heterocycles. The van der Waals surface area contributed by atoms with Crippen molar-refractivity contribution in [2.75, 3.05) is 0 Å². The fourth-order valence-corrected chi connectivity index (χ4v) is 5.56. The van der Waals surface area contributed by atoms with E-state index >= 15 is 8.78 Å². The van der Waals surface area contributed by atoms with E-state index in [9.17, 15) is 19.8 Å². The van der Waals surface area contributed by atoms with Crippen LogP contribution < -0.4 is 0 Å². The van der Waals surface area contributed by atoms with Crippen molar-refractivity contribution in [3.05, 3.63) is 142 Å². The molecule has 5 rings (SSSR count). The highest BCUT2D eigenvalue weighted by Gasteiger charge is 2.54. The highest BCUT2D eigenvalue weighted by molar-refractivity contribution is 5.88. The van der Waals surface area contributed by atoms with Crippen LogP contribution in [0.5, 0.6) is 0 Å². The minimum atomic E-state index is -1.23. The summed E-state index contributed by atoms with van der Waals surface area (Å²) >= 11 is 0. The van der Waals surface area contributed by atoms with Crippen molar-refractivity contribution in [1.82, 2.24) is 0 Å². The first-order valence-corrected chi connectivity index (χ1v) is 11.5. The van der Waals surface area contributed by atoms with Gasteiger partial charge in [0.25, 0.3) is 0 Å². The lowest BCUT2D eigenvalue weighted by Gasteiger charge is -2.53. The first-order chi connectivity index (χ1) is 17.4. The molecular weight excluding hydrogens is 462 g/mol. The van der Waals surface area contributed by atoms with Crippen molar-refractivity contribution in [2.45, 2.75) is 23.7 Å². The fourth-order valence-electron chi connectivity index (χ4n) is 5.56. The predicted molar refractivity (Wildman–Crippen MR) is 131 cm³/mol. The second-order valence-corrected chi connectivity index (χ2v) is 9.01. The molecule has 180 valence electrons. The number of hydrogen-bond acceptors (Lipinski definition) is 2. The van der Waals surface area contributed by atoms with E-state index in [0.29, 0.717) is 11.1 Å². The minimum Gasteiger partial charge on any atom is -0.478 e. The normalized spacial score (nSPS) is 20.9. The van der Waals surface area contributed by atoms with Gasteiger partial charge in [-0.25, -0.2) is 18.4 Å². The van der Waals surface area contributed by atoms with Crippen molar-refractivity contribution in [2.24, 2.45) is 0 Å². The third kappa shape index (κ3) is 4.05. The average molecular weight is 484 g/mol. The molecule has 0 heterocycles. The monoisotopic (exact) mass is 484 g/mol. The van der Waals surface area contributed by atoms with Crippen LogP contribution in [0, 0.1) is 11.6 Å². The van der Waals surface area contributed by atoms with Gasteiger partial charge in [0, 0.05) is 11.8 Å². The fraction of sp³-hybridized carbons (Fsp3) is 0.133. The van der Waals surface area contributed by atoms with Gasteiger partial charge in [-0.1, -0.05) is 72.8 Å². The Kier molecular flexibility index (Phi) is 6.10. The Hall–Kier alpha value is -4.32. The van der Waals surface area contributed by atoms with Gasteiger partial charge in [-0.05, 0) is 58.4 Å². The standard InChI is InChI=1S/C30H22F2O4/c31-23-15-19(29(33)34)11-13-21(23)27-25(17-7-3-1-4-8-17)26(18-9-5-2-6-10-18)28(27)22-14-12-20(30(35)36)16-24(22)32/h1-16,25-28H,(H,33,34)(H,35,36)/t25?,26?,27-,28?/m0/s1. The van der Waals surface area contributed by atoms with Gasteiger partial charge in [0.1, 0.15) is 11.6 Å². The van der Waals surface area contributed by atoms with Gasteiger partial charge >= 0.3 is 11.9 Å². The Morgan fingerprint density at radius 3 is 1.19 bits per heavy atom. The lowest BCUT2D eigenvalue weighted by molar-refractivity contribution is 0.0685. The molecule has 0 saturated heterocycles. The molecule has 36 heavy (non-hydrogen) atoms. The molecule has 0 bridgehead atoms. The van der Waals surface area contributed by atoms with Gasteiger partial charge in [0.15, 0.2) is 0 Å². The summed E-state index contributed by atoms with van der Waals surface area (Å²) in [5.74, 6) is -5.26. The van der Waals surface area contributed by atoms with E-state index in [0.717, 1.165) is 23.3 Å². The Bertz CT molecular complexity index is 1330. The number of carbonyl (C=O) groups is 2. The largest absolute Gasteiger partial charge is 0.478 e. The van der Waals surface area contributed by atoms with Crippen LogP contribution in [0.4, 0.5) is 8.78 Å². The predicted octanol–water partition coefficient (Wildman–Crippen LogP) is 6.81. The zero-order chi connectivity index (χ0) is 25.4. The van der Waals surface area contributed by atoms with Crippen LogP contribution >= 0.6 is 0 Å². The van der Waals surface area contributed by atoms with Gasteiger partial charge in [-0.2, -0.15) is 0 Å². The summed E-state index contributed by atoms with van der Waals surface area (Å²) in [6.07, 6.45) is 0. The number of carboxylic acid groups (broad SMARTS) is 2. The van der Waals surface area contributed by atoms with Gasteiger partial charge in [-0.3, -0.25) is 0 Å². The summed E-state index contributed by atoms with van der Waals surface area (Å²) in [4.78, 5) is 22.8. The number of aromatic carboxylic acids is 2. The molecule has 4 aromatic rings. The molecule has 0 radical (unpaired) electrons. The topological polar surface area (TPSA) is 74.6 Å². The SMILES string of the molecule is O=C(O)c1ccc(C2C(c3ccccc3)C(c3ccccc3)[C@@H]2c2ccc(C(=O)O)cc2F)c(F)c1. The Morgan fingerprint density at radius 1 is 0.528 bits per heavy atom. The molecule has 4 atom stereocenters. The van der Waals surface area contributed by atoms with Crippen LogP contribution in [0.2, 0.25) is 0 Å². The number of hydrogen-bond donors (Lipinski definition) is 2. The maximum atomic E-state index is 15.4. The molecule has 2 N–H and O–H groups in total. The molecule has 0 amide bonds. The Morgan fingerprint density at radius 2 is 0.889 bits per heavy atom. The number of carboxylic acids is 2. The molecule has 1 aliphatic carbocycles. The van der Waals surface area contributed by atoms with Crippen molar-refractivity contribution in [3.63, 3.8) is 0 Å². The summed E-state index contributed by atoms with van der Waals surface area (Å²) in [6.45, 7) is 0. The molecule has 6 heteroatoms. The molecule has 1 fully saturated rings. The summed E-state index contributed by atoms with van der Waals surface area (Å²) in [6, 6.07) is 26.8. The second kappa shape index (κ2) is 9.38. The van der Waals surface area contributed by atoms with Crippen LogP contribution in [-0.4, -0.2) is 22.2 Å². The minimum absolute atomic E-state index is 0.167. The van der Waals surface area contributed by atoms with Gasteiger partial charge in [0.05, 0.1) is 11.1 Å². The smallest absolute Gasteiger partial charge is 0.335 e. The lowest BCUT2D eigenvalue weighted by Crippen LogP contribution is -2.41. The van der Waals surface area contributed by atoms with Crippen LogP contribution in [0.1, 0.15) is 66.6 Å². The summed E-state index contributed by atoms with van der Waals surface area (Å²) in [5.41, 5.74) is 2.18. The zero-order valence-corrected chi connectivity index (χ0v) is 19.0. The number of benzene rings is 4. The molecule has 1 aliphatic rings. The third-order valence-corrected chi connectivity index (χ3v) is 7.13. The van der Waals surface area contributed by atoms with Gasteiger partial charge in [-0.15, -0.1) is 0 Å². The molecule has 1 saturated carbocycles. The van der Waals surface area contributed by atoms with E-state index in [1.54, 1.807) is 0 Å². The van der Waals surface area contributed by atoms with Gasteiger partial charge in [0.2, 0.25) is 0 Å². The quantitative estimate of drug-likeness (QED) is 0.315. The van der Waals surface area contributed by atoms with E-state index in [-0.39, 0.29) is 23.0 Å². The van der Waals surface area contributed by atoms with E-state index in [2.05, 4.69) is 0 Å². The zero-order valence-electron chi connectivity index (χ0n) is 19.0. The summed E-state index contributed by atoms with van der Waals surface area (Å²) < 4.78 is 30.9. The molecule has 0 spiro atoms. The van der Waals surface area contributed by atoms with Crippen molar-refractivity contribution < 1.29 is 28.6 Å². The maximum absolute atomic E-state index is 15.4. The molecular formula is C30H22F2O4. The molecule has 4 aromatic carbocycles. The Balaban J connectivity index is 1.71. The molecule has 4 nitrogen and oxygen atoms in total. The van der Waals surface area contributed by atoms with E-state index in [1.807, 2.05) is 60.7 Å². The van der Waals surface area contributed by atoms with Crippen molar-refractivity contribution in [3.8, 4) is 0 Å². The van der Waals surface area contributed by atoms with Crippen LogP contribution in [0.3, 0.4) is 0 Å². The first-order valence-electron chi connectivity index (χ1n) is 11.5. The average Bonchev–Trinajstić information content (AvgIpc) is 2.86. The second-order valence-electron chi connectivity index (χ2n) is 9.01. The van der Waals surface area contributed by atoms with E-state index < -0.39 is 35.4 Å². The van der Waals surface area contributed by atoms with E-state index in [1.165, 1.54) is 24.3 Å². The Labute approximate surface area is 206 Å². The maximum Gasteiger partial charge on any atom is 0.335 e. The third-order valence-electron chi connectivity index (χ3n) is 7.13. The highest BCUT2D eigenvalue weighted by Crippen LogP contribution is 2.67. The number of rotatable bonds is 6. The molecule has 3 unspecified atom stereocenters. The van der Waals surface area contributed by atoms with Crippen LogP contribution in [0.25, 0.3) is 0 Å². The number of halogens is 2. The first kappa shape index (κ1) is 23.4.